The van der Waals surface area contributed by atoms with Crippen LogP contribution in [0.2, 0.25) is 0 Å². The predicted molar refractivity (Wildman–Crippen MR) is 117 cm³/mol. The zero-order valence-electron chi connectivity index (χ0n) is 15.9. The fraction of sp³-hybridized carbons (Fsp3) is 0.333. The van der Waals surface area contributed by atoms with Gasteiger partial charge in [0.25, 0.3) is 0 Å². The molecule has 2 aromatic carbocycles. The topological polar surface area (TPSA) is 80.0 Å². The summed E-state index contributed by atoms with van der Waals surface area (Å²) in [7, 11) is 0. The molecule has 5 nitrogen and oxygen atoms in total. The minimum absolute atomic E-state index is 0. The Morgan fingerprint density at radius 2 is 1.52 bits per heavy atom. The number of hydrogen-bond acceptors (Lipinski definition) is 1. The van der Waals surface area contributed by atoms with E-state index in [0.29, 0.717) is 12.5 Å². The van der Waals surface area contributed by atoms with Gasteiger partial charge in [-0.3, -0.25) is 4.99 Å². The Bertz CT molecular complexity index is 697. The second-order valence-electron chi connectivity index (χ2n) is 6.21. The Labute approximate surface area is 168 Å². The Balaban J connectivity index is 0.00000364. The van der Waals surface area contributed by atoms with E-state index in [1.165, 1.54) is 11.1 Å². The zero-order chi connectivity index (χ0) is 18.6. The van der Waals surface area contributed by atoms with Crippen molar-refractivity contribution in [1.82, 2.24) is 4.90 Å². The number of nitrogens with zero attached hydrogens (tertiary/aromatic N) is 3. The van der Waals surface area contributed by atoms with Crippen molar-refractivity contribution in [3.05, 3.63) is 71.8 Å². The molecule has 2 rings (SSSR count). The van der Waals surface area contributed by atoms with Crippen LogP contribution in [0.3, 0.4) is 0 Å². The summed E-state index contributed by atoms with van der Waals surface area (Å²) in [5.41, 5.74) is 13.8. The fourth-order valence-electron chi connectivity index (χ4n) is 2.65. The molecule has 146 valence electrons. The highest BCUT2D eigenvalue weighted by Gasteiger charge is 2.11. The van der Waals surface area contributed by atoms with E-state index >= 15 is 0 Å². The summed E-state index contributed by atoms with van der Waals surface area (Å²) in [4.78, 5) is 11.2. The number of nitrogens with two attached hydrogens (primary N) is 2. The molecule has 0 saturated carbocycles. The summed E-state index contributed by atoms with van der Waals surface area (Å²) in [5, 5.41) is 0. The van der Waals surface area contributed by atoms with Gasteiger partial charge in [-0.1, -0.05) is 74.0 Å². The number of aliphatic imine (C=N–C) groups is 2. The summed E-state index contributed by atoms with van der Waals surface area (Å²) >= 11 is 0. The van der Waals surface area contributed by atoms with Crippen molar-refractivity contribution in [2.24, 2.45) is 21.5 Å². The molecule has 0 atom stereocenters. The minimum Gasteiger partial charge on any atom is -0.370 e. The van der Waals surface area contributed by atoms with Gasteiger partial charge in [-0.25, -0.2) is 0 Å². The van der Waals surface area contributed by atoms with Crippen molar-refractivity contribution >= 4 is 24.3 Å². The van der Waals surface area contributed by atoms with Gasteiger partial charge in [0.05, 0.1) is 0 Å². The molecule has 0 aliphatic rings. The van der Waals surface area contributed by atoms with Gasteiger partial charge in [0.2, 0.25) is 5.96 Å². The molecule has 0 bridgehead atoms. The number of benzene rings is 2. The van der Waals surface area contributed by atoms with Crippen LogP contribution in [0.1, 0.15) is 30.9 Å². The molecule has 6 heteroatoms. The number of hydrogen-bond donors (Lipinski definition) is 2. The molecule has 0 spiro atoms. The van der Waals surface area contributed by atoms with Crippen LogP contribution in [0.4, 0.5) is 0 Å². The van der Waals surface area contributed by atoms with Gasteiger partial charge in [-0.2, -0.15) is 4.99 Å². The summed E-state index contributed by atoms with van der Waals surface area (Å²) < 4.78 is 0. The average molecular weight is 388 g/mol. The number of rotatable bonds is 8. The van der Waals surface area contributed by atoms with Crippen LogP contribution in [0, 0.1) is 0 Å². The number of guanidine groups is 2. The highest BCUT2D eigenvalue weighted by atomic mass is 35.5. The van der Waals surface area contributed by atoms with Gasteiger partial charge in [0.1, 0.15) is 0 Å². The third kappa shape index (κ3) is 8.60. The average Bonchev–Trinajstić information content (AvgIpc) is 2.66. The molecule has 0 unspecified atom stereocenters. The lowest BCUT2D eigenvalue weighted by Crippen LogP contribution is -2.34. The van der Waals surface area contributed by atoms with E-state index < -0.39 is 0 Å². The smallest absolute Gasteiger partial charge is 0.224 e. The summed E-state index contributed by atoms with van der Waals surface area (Å²) in [6.45, 7) is 4.43. The molecular formula is C21H30ClN5. The summed E-state index contributed by atoms with van der Waals surface area (Å²) in [6.07, 6.45) is 3.02. The molecule has 4 N–H and O–H groups in total. The first-order valence-electron chi connectivity index (χ1n) is 9.16. The normalized spacial score (nSPS) is 10.8. The standard InChI is InChI=1S/C21H29N5.ClH/c1-2-3-16-26(17-19-12-8-5-9-13-19)21(25-20(22)23)24-15-14-18-10-6-4-7-11-18;/h4-13H,2-3,14-17H2,1H3,(H4,22,23,24,25);1H. The van der Waals surface area contributed by atoms with Crippen LogP contribution in [0.25, 0.3) is 0 Å². The molecular weight excluding hydrogens is 358 g/mol. The minimum atomic E-state index is 0. The first kappa shape index (κ1) is 22.5. The first-order valence-corrected chi connectivity index (χ1v) is 9.16. The monoisotopic (exact) mass is 387 g/mol. The van der Waals surface area contributed by atoms with E-state index in [1.54, 1.807) is 0 Å². The zero-order valence-corrected chi connectivity index (χ0v) is 16.7. The second kappa shape index (κ2) is 12.8. The Kier molecular flexibility index (Phi) is 10.6. The molecule has 27 heavy (non-hydrogen) atoms. The van der Waals surface area contributed by atoms with Crippen LogP contribution in [-0.2, 0) is 13.0 Å². The van der Waals surface area contributed by atoms with E-state index in [9.17, 15) is 0 Å². The van der Waals surface area contributed by atoms with E-state index in [2.05, 4.69) is 41.1 Å². The molecule has 2 aromatic rings. The van der Waals surface area contributed by atoms with Crippen LogP contribution < -0.4 is 11.5 Å². The lowest BCUT2D eigenvalue weighted by molar-refractivity contribution is 0.396. The molecule has 0 saturated heterocycles. The summed E-state index contributed by atoms with van der Waals surface area (Å²) in [6, 6.07) is 20.6. The highest BCUT2D eigenvalue weighted by molar-refractivity contribution is 5.93. The number of unbranched alkanes of at least 4 members (excludes halogenated alkanes) is 1. The molecule has 0 radical (unpaired) electrons. The SMILES string of the molecule is CCCCN(Cc1ccccc1)C(N=C(N)N)=NCCc1ccccc1.Cl. The first-order chi connectivity index (χ1) is 12.7. The Morgan fingerprint density at radius 3 is 2.07 bits per heavy atom. The lowest BCUT2D eigenvalue weighted by atomic mass is 10.1. The van der Waals surface area contributed by atoms with E-state index in [1.807, 2.05) is 36.4 Å². The van der Waals surface area contributed by atoms with Crippen molar-refractivity contribution in [3.8, 4) is 0 Å². The molecule has 0 aliphatic carbocycles. The van der Waals surface area contributed by atoms with Crippen LogP contribution in [0.15, 0.2) is 70.6 Å². The Morgan fingerprint density at radius 1 is 0.926 bits per heavy atom. The van der Waals surface area contributed by atoms with Gasteiger partial charge < -0.3 is 16.4 Å². The van der Waals surface area contributed by atoms with Gasteiger partial charge in [0, 0.05) is 19.6 Å². The maximum atomic E-state index is 5.66. The largest absolute Gasteiger partial charge is 0.370 e. The van der Waals surface area contributed by atoms with Crippen LogP contribution >= 0.6 is 12.4 Å². The molecule has 0 heterocycles. The van der Waals surface area contributed by atoms with Crippen molar-refractivity contribution < 1.29 is 0 Å². The fourth-order valence-corrected chi connectivity index (χ4v) is 2.65. The van der Waals surface area contributed by atoms with Crippen molar-refractivity contribution in [1.29, 1.82) is 0 Å². The third-order valence-corrected chi connectivity index (χ3v) is 4.01. The van der Waals surface area contributed by atoms with E-state index in [0.717, 1.165) is 32.4 Å². The number of halogens is 1. The second-order valence-corrected chi connectivity index (χ2v) is 6.21. The van der Waals surface area contributed by atoms with E-state index in [-0.39, 0.29) is 18.4 Å². The van der Waals surface area contributed by atoms with E-state index in [4.69, 9.17) is 16.5 Å². The quantitative estimate of drug-likeness (QED) is 0.536. The molecule has 0 aromatic heterocycles. The molecule has 0 amide bonds. The van der Waals surface area contributed by atoms with Crippen molar-refractivity contribution in [3.63, 3.8) is 0 Å². The van der Waals surface area contributed by atoms with Crippen molar-refractivity contribution in [2.75, 3.05) is 13.1 Å². The third-order valence-electron chi connectivity index (χ3n) is 4.01. The highest BCUT2D eigenvalue weighted by Crippen LogP contribution is 2.09. The van der Waals surface area contributed by atoms with Gasteiger partial charge in [-0.05, 0) is 24.0 Å². The summed E-state index contributed by atoms with van der Waals surface area (Å²) in [5.74, 6) is 0.649. The van der Waals surface area contributed by atoms with Gasteiger partial charge in [0.15, 0.2) is 5.96 Å². The van der Waals surface area contributed by atoms with Crippen molar-refractivity contribution in [2.45, 2.75) is 32.7 Å². The van der Waals surface area contributed by atoms with Crippen LogP contribution in [-0.4, -0.2) is 29.9 Å². The Hall–Kier alpha value is -2.53. The molecule has 0 aliphatic heterocycles. The maximum absolute atomic E-state index is 5.66. The predicted octanol–water partition coefficient (Wildman–Crippen LogP) is 3.58. The van der Waals surface area contributed by atoms with Crippen LogP contribution in [0.5, 0.6) is 0 Å². The molecule has 0 fully saturated rings. The lowest BCUT2D eigenvalue weighted by Gasteiger charge is -2.24. The van der Waals surface area contributed by atoms with Gasteiger partial charge in [-0.15, -0.1) is 12.4 Å². The van der Waals surface area contributed by atoms with Gasteiger partial charge >= 0.3 is 0 Å². The maximum Gasteiger partial charge on any atom is 0.224 e.